The van der Waals surface area contributed by atoms with Crippen molar-refractivity contribution < 1.29 is 4.79 Å². The monoisotopic (exact) mass is 260 g/mol. The van der Waals surface area contributed by atoms with Crippen molar-refractivity contribution in [2.24, 2.45) is 0 Å². The molecule has 1 aliphatic rings. The molecule has 104 valence electrons. The molecule has 3 nitrogen and oxygen atoms in total. The molecule has 0 aromatic heterocycles. The van der Waals surface area contributed by atoms with Crippen molar-refractivity contribution in [3.8, 4) is 0 Å². The van der Waals surface area contributed by atoms with Crippen LogP contribution in [0.1, 0.15) is 37.3 Å². The normalized spacial score (nSPS) is 19.3. The minimum Gasteiger partial charge on any atom is -0.338 e. The lowest BCUT2D eigenvalue weighted by Crippen LogP contribution is -2.47. The topological polar surface area (TPSA) is 32.3 Å². The molecule has 19 heavy (non-hydrogen) atoms. The van der Waals surface area contributed by atoms with Crippen LogP contribution in [0.3, 0.4) is 0 Å². The zero-order valence-electron chi connectivity index (χ0n) is 12.0. The molecular weight excluding hydrogens is 236 g/mol. The lowest BCUT2D eigenvalue weighted by atomic mass is 10.0. The van der Waals surface area contributed by atoms with Gasteiger partial charge >= 0.3 is 6.03 Å². The van der Waals surface area contributed by atoms with Gasteiger partial charge < -0.3 is 10.2 Å². The first-order valence-electron chi connectivity index (χ1n) is 7.27. The standard InChI is InChI=1S/C16H24N2O/c1-13-7-3-4-9-15(13)10-11-17-16(19)18-12-6-5-8-14(18)2/h3-4,7,9,14H,5-6,8,10-12H2,1-2H3,(H,17,19). The molecule has 2 amide bonds. The van der Waals surface area contributed by atoms with Gasteiger partial charge in [0.1, 0.15) is 0 Å². The van der Waals surface area contributed by atoms with E-state index < -0.39 is 0 Å². The highest BCUT2D eigenvalue weighted by Crippen LogP contribution is 2.16. The molecule has 0 saturated carbocycles. The number of likely N-dealkylation sites (tertiary alicyclic amines) is 1. The van der Waals surface area contributed by atoms with E-state index in [-0.39, 0.29) is 6.03 Å². The van der Waals surface area contributed by atoms with Crippen molar-refractivity contribution in [2.75, 3.05) is 13.1 Å². The van der Waals surface area contributed by atoms with Crippen LogP contribution in [0.2, 0.25) is 0 Å². The van der Waals surface area contributed by atoms with Gasteiger partial charge in [0, 0.05) is 19.1 Å². The number of carbonyl (C=O) groups excluding carboxylic acids is 1. The van der Waals surface area contributed by atoms with Crippen LogP contribution in [0.25, 0.3) is 0 Å². The van der Waals surface area contributed by atoms with E-state index in [4.69, 9.17) is 0 Å². The van der Waals surface area contributed by atoms with Crippen molar-refractivity contribution in [1.82, 2.24) is 10.2 Å². The predicted octanol–water partition coefficient (Wildman–Crippen LogP) is 3.12. The number of nitrogens with one attached hydrogen (secondary N) is 1. The highest BCUT2D eigenvalue weighted by Gasteiger charge is 2.22. The Balaban J connectivity index is 1.79. The summed E-state index contributed by atoms with van der Waals surface area (Å²) in [5, 5.41) is 3.05. The third-order valence-electron chi connectivity index (χ3n) is 4.00. The highest BCUT2D eigenvalue weighted by molar-refractivity contribution is 5.74. The number of hydrogen-bond donors (Lipinski definition) is 1. The van der Waals surface area contributed by atoms with Gasteiger partial charge in [-0.2, -0.15) is 0 Å². The Morgan fingerprint density at radius 2 is 2.16 bits per heavy atom. The van der Waals surface area contributed by atoms with E-state index in [1.165, 1.54) is 17.5 Å². The minimum atomic E-state index is 0.0979. The average Bonchev–Trinajstić information content (AvgIpc) is 2.41. The third-order valence-corrected chi connectivity index (χ3v) is 4.00. The van der Waals surface area contributed by atoms with E-state index in [0.29, 0.717) is 12.6 Å². The van der Waals surface area contributed by atoms with Gasteiger partial charge in [0.2, 0.25) is 0 Å². The quantitative estimate of drug-likeness (QED) is 0.889. The number of piperidine rings is 1. The van der Waals surface area contributed by atoms with Gasteiger partial charge in [0.05, 0.1) is 0 Å². The second kappa shape index (κ2) is 6.60. The van der Waals surface area contributed by atoms with Crippen LogP contribution in [0.15, 0.2) is 24.3 Å². The Hall–Kier alpha value is -1.51. The molecule has 1 unspecified atom stereocenters. The summed E-state index contributed by atoms with van der Waals surface area (Å²) >= 11 is 0. The van der Waals surface area contributed by atoms with Crippen molar-refractivity contribution in [1.29, 1.82) is 0 Å². The molecule has 1 atom stereocenters. The molecule has 1 N–H and O–H groups in total. The molecule has 0 spiro atoms. The second-order valence-corrected chi connectivity index (χ2v) is 5.45. The van der Waals surface area contributed by atoms with Crippen LogP contribution in [0, 0.1) is 6.92 Å². The van der Waals surface area contributed by atoms with Gasteiger partial charge in [-0.3, -0.25) is 0 Å². The number of aryl methyl sites for hydroxylation is 1. The summed E-state index contributed by atoms with van der Waals surface area (Å²) < 4.78 is 0. The molecule has 1 aliphatic heterocycles. The SMILES string of the molecule is Cc1ccccc1CCNC(=O)N1CCCCC1C. The van der Waals surface area contributed by atoms with Crippen molar-refractivity contribution >= 4 is 6.03 Å². The zero-order valence-corrected chi connectivity index (χ0v) is 12.0. The number of urea groups is 1. The van der Waals surface area contributed by atoms with Gasteiger partial charge in [-0.25, -0.2) is 4.79 Å². The lowest BCUT2D eigenvalue weighted by Gasteiger charge is -2.33. The maximum absolute atomic E-state index is 12.1. The first-order valence-corrected chi connectivity index (χ1v) is 7.27. The van der Waals surface area contributed by atoms with Gasteiger partial charge in [0.25, 0.3) is 0 Å². The molecule has 1 saturated heterocycles. The molecule has 1 heterocycles. The Bertz CT molecular complexity index is 431. The number of benzene rings is 1. The number of carbonyl (C=O) groups is 1. The zero-order chi connectivity index (χ0) is 13.7. The predicted molar refractivity (Wildman–Crippen MR) is 78.3 cm³/mol. The smallest absolute Gasteiger partial charge is 0.317 e. The average molecular weight is 260 g/mol. The molecule has 1 aromatic rings. The first kappa shape index (κ1) is 13.9. The van der Waals surface area contributed by atoms with Crippen LogP contribution in [-0.4, -0.2) is 30.1 Å². The number of hydrogen-bond acceptors (Lipinski definition) is 1. The summed E-state index contributed by atoms with van der Waals surface area (Å²) in [6.45, 7) is 5.87. The van der Waals surface area contributed by atoms with E-state index in [9.17, 15) is 4.79 Å². The largest absolute Gasteiger partial charge is 0.338 e. The Kier molecular flexibility index (Phi) is 4.83. The lowest BCUT2D eigenvalue weighted by molar-refractivity contribution is 0.158. The van der Waals surface area contributed by atoms with Crippen molar-refractivity contribution in [3.63, 3.8) is 0 Å². The van der Waals surface area contributed by atoms with Gasteiger partial charge in [-0.15, -0.1) is 0 Å². The van der Waals surface area contributed by atoms with Crippen LogP contribution < -0.4 is 5.32 Å². The number of rotatable bonds is 3. The van der Waals surface area contributed by atoms with Crippen LogP contribution in [-0.2, 0) is 6.42 Å². The summed E-state index contributed by atoms with van der Waals surface area (Å²) in [6, 6.07) is 8.83. The van der Waals surface area contributed by atoms with Crippen LogP contribution in [0.4, 0.5) is 4.79 Å². The molecule has 3 heteroatoms. The number of amides is 2. The summed E-state index contributed by atoms with van der Waals surface area (Å²) in [4.78, 5) is 14.1. The van der Waals surface area contributed by atoms with Crippen LogP contribution in [0.5, 0.6) is 0 Å². The van der Waals surface area contributed by atoms with Crippen LogP contribution >= 0.6 is 0 Å². The molecule has 1 fully saturated rings. The fourth-order valence-corrected chi connectivity index (χ4v) is 2.70. The Morgan fingerprint density at radius 1 is 1.37 bits per heavy atom. The van der Waals surface area contributed by atoms with Crippen molar-refractivity contribution in [3.05, 3.63) is 35.4 Å². The maximum atomic E-state index is 12.1. The Labute approximate surface area is 116 Å². The summed E-state index contributed by atoms with van der Waals surface area (Å²) in [7, 11) is 0. The molecule has 2 rings (SSSR count). The second-order valence-electron chi connectivity index (χ2n) is 5.45. The summed E-state index contributed by atoms with van der Waals surface area (Å²) in [5.41, 5.74) is 2.61. The third kappa shape index (κ3) is 3.72. The van der Waals surface area contributed by atoms with E-state index in [1.807, 2.05) is 11.0 Å². The summed E-state index contributed by atoms with van der Waals surface area (Å²) in [5.74, 6) is 0. The molecule has 1 aromatic carbocycles. The van der Waals surface area contributed by atoms with Crippen molar-refractivity contribution in [2.45, 2.75) is 45.6 Å². The van der Waals surface area contributed by atoms with E-state index >= 15 is 0 Å². The minimum absolute atomic E-state index is 0.0979. The molecule has 0 radical (unpaired) electrons. The van der Waals surface area contributed by atoms with E-state index in [1.54, 1.807) is 0 Å². The fourth-order valence-electron chi connectivity index (χ4n) is 2.70. The fraction of sp³-hybridized carbons (Fsp3) is 0.562. The highest BCUT2D eigenvalue weighted by atomic mass is 16.2. The summed E-state index contributed by atoms with van der Waals surface area (Å²) in [6.07, 6.45) is 4.41. The molecule has 0 bridgehead atoms. The molecular formula is C16H24N2O. The van der Waals surface area contributed by atoms with Gasteiger partial charge in [-0.1, -0.05) is 24.3 Å². The van der Waals surface area contributed by atoms with E-state index in [2.05, 4.69) is 37.4 Å². The van der Waals surface area contributed by atoms with Gasteiger partial charge in [0.15, 0.2) is 0 Å². The van der Waals surface area contributed by atoms with E-state index in [0.717, 1.165) is 25.8 Å². The van der Waals surface area contributed by atoms with Gasteiger partial charge in [-0.05, 0) is 50.7 Å². The first-order chi connectivity index (χ1) is 9.18. The molecule has 0 aliphatic carbocycles. The Morgan fingerprint density at radius 3 is 2.89 bits per heavy atom. The maximum Gasteiger partial charge on any atom is 0.317 e. The number of nitrogens with zero attached hydrogens (tertiary/aromatic N) is 1.